The van der Waals surface area contributed by atoms with E-state index in [2.05, 4.69) is 10.00 Å². The second-order valence-electron chi connectivity index (χ2n) is 5.00. The lowest BCUT2D eigenvalue weighted by atomic mass is 10.1. The van der Waals surface area contributed by atoms with E-state index in [4.69, 9.17) is 21.1 Å². The van der Waals surface area contributed by atoms with E-state index in [-0.39, 0.29) is 5.56 Å². The lowest BCUT2D eigenvalue weighted by Crippen LogP contribution is -2.37. The summed E-state index contributed by atoms with van der Waals surface area (Å²) in [5.41, 5.74) is 0.781. The molecule has 0 saturated carbocycles. The molecule has 21 heavy (non-hydrogen) atoms. The Bertz CT molecular complexity index is 487. The molecule has 0 amide bonds. The number of piperidine rings is 1. The average molecular weight is 316 g/mol. The normalized spacial score (nSPS) is 16.4. The Morgan fingerprint density at radius 1 is 1.38 bits per heavy atom. The fourth-order valence-corrected chi connectivity index (χ4v) is 2.53. The van der Waals surface area contributed by atoms with Crippen LogP contribution in [-0.4, -0.2) is 55.2 Å². The molecule has 0 bridgehead atoms. The van der Waals surface area contributed by atoms with E-state index in [1.54, 1.807) is 19.4 Å². The Kier molecular flexibility index (Phi) is 6.48. The van der Waals surface area contributed by atoms with Gasteiger partial charge in [0, 0.05) is 32.1 Å². The Morgan fingerprint density at radius 3 is 2.76 bits per heavy atom. The van der Waals surface area contributed by atoms with E-state index >= 15 is 0 Å². The van der Waals surface area contributed by atoms with Crippen LogP contribution in [0.4, 0.5) is 5.69 Å². The van der Waals surface area contributed by atoms with Gasteiger partial charge in [-0.15, -0.1) is 11.6 Å². The van der Waals surface area contributed by atoms with Gasteiger partial charge in [0.2, 0.25) is 0 Å². The predicted octanol–water partition coefficient (Wildman–Crippen LogP) is 1.11. The van der Waals surface area contributed by atoms with Gasteiger partial charge in [-0.1, -0.05) is 0 Å². The van der Waals surface area contributed by atoms with Gasteiger partial charge in [0.1, 0.15) is 0 Å². The highest BCUT2D eigenvalue weighted by atomic mass is 35.5. The molecule has 2 heterocycles. The topological polar surface area (TPSA) is 56.6 Å². The highest BCUT2D eigenvalue weighted by Crippen LogP contribution is 2.18. The van der Waals surface area contributed by atoms with E-state index in [9.17, 15) is 4.79 Å². The van der Waals surface area contributed by atoms with Crippen molar-refractivity contribution in [2.24, 2.45) is 0 Å². The van der Waals surface area contributed by atoms with Crippen molar-refractivity contribution in [1.82, 2.24) is 9.78 Å². The number of anilines is 1. The molecule has 118 valence electrons. The van der Waals surface area contributed by atoms with Gasteiger partial charge >= 0.3 is 0 Å². The van der Waals surface area contributed by atoms with Crippen LogP contribution >= 0.6 is 11.6 Å². The lowest BCUT2D eigenvalue weighted by Gasteiger charge is -2.32. The molecule has 0 atom stereocenters. The predicted molar refractivity (Wildman–Crippen MR) is 82.3 cm³/mol. The number of hydrogen-bond donors (Lipinski definition) is 0. The minimum absolute atomic E-state index is 0.101. The number of halogens is 1. The fourth-order valence-electron chi connectivity index (χ4n) is 2.42. The first-order valence-corrected chi connectivity index (χ1v) is 7.76. The Morgan fingerprint density at radius 2 is 2.14 bits per heavy atom. The summed E-state index contributed by atoms with van der Waals surface area (Å²) in [5, 5.41) is 4.21. The second kappa shape index (κ2) is 8.36. The van der Waals surface area contributed by atoms with Crippen LogP contribution in [0.25, 0.3) is 0 Å². The third-order valence-corrected chi connectivity index (χ3v) is 3.82. The number of hydrogen-bond acceptors (Lipinski definition) is 5. The van der Waals surface area contributed by atoms with Gasteiger partial charge in [-0.05, 0) is 12.8 Å². The molecule has 1 aliphatic heterocycles. The van der Waals surface area contributed by atoms with Crippen LogP contribution in [0.3, 0.4) is 0 Å². The minimum Gasteiger partial charge on any atom is -0.381 e. The van der Waals surface area contributed by atoms with E-state index < -0.39 is 0 Å². The van der Waals surface area contributed by atoms with Gasteiger partial charge in [-0.2, -0.15) is 5.10 Å². The smallest absolute Gasteiger partial charge is 0.268 e. The maximum absolute atomic E-state index is 12.0. The van der Waals surface area contributed by atoms with Crippen molar-refractivity contribution in [1.29, 1.82) is 0 Å². The van der Waals surface area contributed by atoms with E-state index in [1.165, 1.54) is 4.68 Å². The van der Waals surface area contributed by atoms with E-state index in [1.807, 2.05) is 0 Å². The molecule has 1 fully saturated rings. The molecular formula is C14H22ClN3O3. The highest BCUT2D eigenvalue weighted by Gasteiger charge is 2.19. The van der Waals surface area contributed by atoms with Gasteiger partial charge in [-0.25, -0.2) is 4.68 Å². The Hall–Kier alpha value is -1.11. The summed E-state index contributed by atoms with van der Waals surface area (Å²) in [6.07, 6.45) is 4.03. The van der Waals surface area contributed by atoms with Gasteiger partial charge in [0.05, 0.1) is 37.7 Å². The van der Waals surface area contributed by atoms with Crippen LogP contribution in [0, 0.1) is 0 Å². The molecule has 0 aliphatic carbocycles. The van der Waals surface area contributed by atoms with Gasteiger partial charge in [-0.3, -0.25) is 4.79 Å². The van der Waals surface area contributed by atoms with Crippen molar-refractivity contribution in [3.8, 4) is 0 Å². The standard InChI is InChI=1S/C14H22ClN3O3/c1-20-13-2-5-17(6-3-13)12-10-14(19)18(16-11-12)7-9-21-8-4-15/h10-11,13H,2-9H2,1H3. The van der Waals surface area contributed by atoms with Crippen molar-refractivity contribution >= 4 is 17.3 Å². The highest BCUT2D eigenvalue weighted by molar-refractivity contribution is 6.17. The second-order valence-corrected chi connectivity index (χ2v) is 5.38. The van der Waals surface area contributed by atoms with Gasteiger partial charge in [0.25, 0.3) is 5.56 Å². The molecule has 6 nitrogen and oxygen atoms in total. The first-order chi connectivity index (χ1) is 10.2. The zero-order chi connectivity index (χ0) is 15.1. The molecule has 0 radical (unpaired) electrons. The molecular weight excluding hydrogens is 294 g/mol. The van der Waals surface area contributed by atoms with Crippen LogP contribution in [0.2, 0.25) is 0 Å². The number of rotatable bonds is 7. The molecule has 1 saturated heterocycles. The summed E-state index contributed by atoms with van der Waals surface area (Å²) in [6.45, 7) is 3.16. The van der Waals surface area contributed by atoms with Gasteiger partial charge in [0.15, 0.2) is 0 Å². The molecule has 1 aliphatic rings. The summed E-state index contributed by atoms with van der Waals surface area (Å²) >= 11 is 5.52. The molecule has 1 aromatic rings. The average Bonchev–Trinajstić information content (AvgIpc) is 2.53. The van der Waals surface area contributed by atoms with E-state index in [0.717, 1.165) is 31.6 Å². The van der Waals surface area contributed by atoms with Crippen molar-refractivity contribution in [2.45, 2.75) is 25.5 Å². The number of methoxy groups -OCH3 is 1. The zero-order valence-corrected chi connectivity index (χ0v) is 13.1. The first-order valence-electron chi connectivity index (χ1n) is 7.23. The molecule has 2 rings (SSSR count). The Labute approximate surface area is 129 Å². The van der Waals surface area contributed by atoms with Gasteiger partial charge < -0.3 is 14.4 Å². The van der Waals surface area contributed by atoms with Crippen LogP contribution < -0.4 is 10.5 Å². The van der Waals surface area contributed by atoms with Crippen LogP contribution in [0.5, 0.6) is 0 Å². The van der Waals surface area contributed by atoms with Crippen LogP contribution in [-0.2, 0) is 16.0 Å². The van der Waals surface area contributed by atoms with Crippen LogP contribution in [0.15, 0.2) is 17.1 Å². The largest absolute Gasteiger partial charge is 0.381 e. The summed E-state index contributed by atoms with van der Waals surface area (Å²) in [5.74, 6) is 0.457. The van der Waals surface area contributed by atoms with Crippen molar-refractivity contribution in [3.63, 3.8) is 0 Å². The number of ether oxygens (including phenoxy) is 2. The molecule has 0 N–H and O–H groups in total. The summed E-state index contributed by atoms with van der Waals surface area (Å²) in [7, 11) is 1.75. The van der Waals surface area contributed by atoms with E-state index in [0.29, 0.717) is 31.7 Å². The lowest BCUT2D eigenvalue weighted by molar-refractivity contribution is 0.0819. The maximum Gasteiger partial charge on any atom is 0.268 e. The molecule has 0 spiro atoms. The summed E-state index contributed by atoms with van der Waals surface area (Å²) in [4.78, 5) is 14.2. The molecule has 1 aromatic heterocycles. The SMILES string of the molecule is COC1CCN(c2cnn(CCOCCCl)c(=O)c2)CC1. The number of aromatic nitrogens is 2. The maximum atomic E-state index is 12.0. The first kappa shape index (κ1) is 16.3. The zero-order valence-electron chi connectivity index (χ0n) is 12.3. The monoisotopic (exact) mass is 315 g/mol. The quantitative estimate of drug-likeness (QED) is 0.557. The Balaban J connectivity index is 1.91. The van der Waals surface area contributed by atoms with Crippen molar-refractivity contribution in [3.05, 3.63) is 22.6 Å². The third kappa shape index (κ3) is 4.69. The van der Waals surface area contributed by atoms with Crippen molar-refractivity contribution < 1.29 is 9.47 Å². The summed E-state index contributed by atoms with van der Waals surface area (Å²) in [6, 6.07) is 1.64. The minimum atomic E-state index is -0.101. The van der Waals surface area contributed by atoms with Crippen molar-refractivity contribution in [2.75, 3.05) is 44.2 Å². The fraction of sp³-hybridized carbons (Fsp3) is 0.714. The third-order valence-electron chi connectivity index (χ3n) is 3.66. The molecule has 0 unspecified atom stereocenters. The molecule has 0 aromatic carbocycles. The number of alkyl halides is 1. The van der Waals surface area contributed by atoms with Crippen LogP contribution in [0.1, 0.15) is 12.8 Å². The molecule has 7 heteroatoms. The number of nitrogens with zero attached hydrogens (tertiary/aromatic N) is 3. The summed E-state index contributed by atoms with van der Waals surface area (Å²) < 4.78 is 12.0.